The van der Waals surface area contributed by atoms with Crippen LogP contribution >= 0.6 is 0 Å². The van der Waals surface area contributed by atoms with Gasteiger partial charge in [-0.3, -0.25) is 4.68 Å². The van der Waals surface area contributed by atoms with E-state index in [2.05, 4.69) is 5.10 Å². The first kappa shape index (κ1) is 11.3. The first-order valence-corrected chi connectivity index (χ1v) is 4.71. The molecule has 0 aliphatic rings. The number of nitrogens with zero attached hydrogens (tertiary/aromatic N) is 2. The van der Waals surface area contributed by atoms with Crippen LogP contribution in [-0.4, -0.2) is 20.9 Å². The summed E-state index contributed by atoms with van der Waals surface area (Å²) in [6.45, 7) is 0. The molecule has 0 amide bonds. The molecule has 0 radical (unpaired) electrons. The van der Waals surface area contributed by atoms with E-state index in [1.807, 2.05) is 0 Å². The maximum Gasteiger partial charge on any atom is 0.338 e. The number of carboxylic acid groups (broad SMARTS) is 1. The molecule has 0 unspecified atom stereocenters. The second-order valence-corrected chi connectivity index (χ2v) is 3.46. The van der Waals surface area contributed by atoms with E-state index < -0.39 is 23.2 Å². The lowest BCUT2D eigenvalue weighted by molar-refractivity contribution is 0.0691. The average Bonchev–Trinajstić information content (AvgIpc) is 2.67. The summed E-state index contributed by atoms with van der Waals surface area (Å²) in [5.41, 5.74) is -0.334. The van der Waals surface area contributed by atoms with Crippen LogP contribution in [0.1, 0.15) is 10.4 Å². The second kappa shape index (κ2) is 3.97. The molecule has 2 rings (SSSR count). The smallest absolute Gasteiger partial charge is 0.338 e. The minimum absolute atomic E-state index is 0.0208. The number of halogens is 2. The molecule has 0 spiro atoms. The van der Waals surface area contributed by atoms with Crippen LogP contribution in [0.5, 0.6) is 0 Å². The second-order valence-electron chi connectivity index (χ2n) is 3.46. The normalized spacial score (nSPS) is 10.5. The van der Waals surface area contributed by atoms with Crippen LogP contribution in [0.3, 0.4) is 0 Å². The van der Waals surface area contributed by atoms with Crippen molar-refractivity contribution in [2.24, 2.45) is 7.05 Å². The quantitative estimate of drug-likeness (QED) is 0.871. The lowest BCUT2D eigenvalue weighted by Gasteiger charge is -2.06. The molecular formula is C11H8F2N2O2. The molecule has 0 aliphatic heterocycles. The molecule has 4 nitrogen and oxygen atoms in total. The van der Waals surface area contributed by atoms with Crippen molar-refractivity contribution >= 4 is 5.97 Å². The number of carbonyl (C=O) groups is 1. The van der Waals surface area contributed by atoms with Crippen LogP contribution in [0.15, 0.2) is 24.4 Å². The maximum atomic E-state index is 13.7. The molecule has 0 atom stereocenters. The molecule has 1 aromatic carbocycles. The molecule has 1 N–H and O–H groups in total. The molecule has 17 heavy (non-hydrogen) atoms. The molecule has 1 aromatic heterocycles. The van der Waals surface area contributed by atoms with Gasteiger partial charge >= 0.3 is 5.97 Å². The van der Waals surface area contributed by atoms with Gasteiger partial charge in [-0.15, -0.1) is 0 Å². The number of aromatic carboxylic acids is 1. The first-order chi connectivity index (χ1) is 8.00. The summed E-state index contributed by atoms with van der Waals surface area (Å²) in [6.07, 6.45) is 1.44. The van der Waals surface area contributed by atoms with E-state index in [-0.39, 0.29) is 5.56 Å². The van der Waals surface area contributed by atoms with Crippen LogP contribution in [0, 0.1) is 11.6 Å². The fourth-order valence-electron chi connectivity index (χ4n) is 1.55. The van der Waals surface area contributed by atoms with Crippen LogP contribution < -0.4 is 0 Å². The topological polar surface area (TPSA) is 55.1 Å². The monoisotopic (exact) mass is 238 g/mol. The number of aryl methyl sites for hydroxylation is 1. The van der Waals surface area contributed by atoms with Crippen LogP contribution in [0.4, 0.5) is 8.78 Å². The van der Waals surface area contributed by atoms with E-state index in [1.165, 1.54) is 16.9 Å². The molecule has 0 aliphatic carbocycles. The third-order valence-corrected chi connectivity index (χ3v) is 2.38. The Hall–Kier alpha value is -2.24. The summed E-state index contributed by atoms with van der Waals surface area (Å²) in [5, 5.41) is 12.5. The highest BCUT2D eigenvalue weighted by molar-refractivity contribution is 5.88. The first-order valence-electron chi connectivity index (χ1n) is 4.71. The Morgan fingerprint density at radius 3 is 2.59 bits per heavy atom. The Labute approximate surface area is 95.1 Å². The van der Waals surface area contributed by atoms with Crippen molar-refractivity contribution in [3.63, 3.8) is 0 Å². The molecular weight excluding hydrogens is 230 g/mol. The maximum absolute atomic E-state index is 13.7. The zero-order chi connectivity index (χ0) is 12.6. The molecule has 2 aromatic rings. The van der Waals surface area contributed by atoms with Crippen molar-refractivity contribution in [2.75, 3.05) is 0 Å². The largest absolute Gasteiger partial charge is 0.478 e. The predicted octanol–water partition coefficient (Wildman–Crippen LogP) is 2.06. The molecule has 0 saturated carbocycles. The van der Waals surface area contributed by atoms with Crippen molar-refractivity contribution in [2.45, 2.75) is 0 Å². The highest BCUT2D eigenvalue weighted by Crippen LogP contribution is 2.25. The SMILES string of the molecule is Cn1nccc1-c1cc(F)c(C(=O)O)cc1F. The van der Waals surface area contributed by atoms with E-state index in [0.717, 1.165) is 6.07 Å². The van der Waals surface area contributed by atoms with Gasteiger partial charge in [0.1, 0.15) is 11.6 Å². The molecule has 0 bridgehead atoms. The minimum atomic E-state index is -1.50. The highest BCUT2D eigenvalue weighted by Gasteiger charge is 2.17. The van der Waals surface area contributed by atoms with Crippen molar-refractivity contribution in [3.8, 4) is 11.3 Å². The third-order valence-electron chi connectivity index (χ3n) is 2.38. The van der Waals surface area contributed by atoms with E-state index >= 15 is 0 Å². The van der Waals surface area contributed by atoms with E-state index in [4.69, 9.17) is 5.11 Å². The minimum Gasteiger partial charge on any atom is -0.478 e. The average molecular weight is 238 g/mol. The molecule has 0 fully saturated rings. The van der Waals surface area contributed by atoms with Crippen molar-refractivity contribution in [1.82, 2.24) is 9.78 Å². The van der Waals surface area contributed by atoms with Crippen molar-refractivity contribution in [1.29, 1.82) is 0 Å². The van der Waals surface area contributed by atoms with Gasteiger partial charge in [0.05, 0.1) is 11.3 Å². The number of aromatic nitrogens is 2. The van der Waals surface area contributed by atoms with Crippen LogP contribution in [0.2, 0.25) is 0 Å². The van der Waals surface area contributed by atoms with E-state index in [9.17, 15) is 13.6 Å². The van der Waals surface area contributed by atoms with Gasteiger partial charge in [0.2, 0.25) is 0 Å². The van der Waals surface area contributed by atoms with Gasteiger partial charge in [-0.25, -0.2) is 13.6 Å². The summed E-state index contributed by atoms with van der Waals surface area (Å²) in [4.78, 5) is 10.6. The summed E-state index contributed by atoms with van der Waals surface area (Å²) in [6, 6.07) is 3.04. The summed E-state index contributed by atoms with van der Waals surface area (Å²) in [7, 11) is 1.58. The summed E-state index contributed by atoms with van der Waals surface area (Å²) >= 11 is 0. The van der Waals surface area contributed by atoms with E-state index in [0.29, 0.717) is 11.8 Å². The number of rotatable bonds is 2. The summed E-state index contributed by atoms with van der Waals surface area (Å²) < 4.78 is 28.5. The van der Waals surface area contributed by atoms with Crippen molar-refractivity contribution in [3.05, 3.63) is 41.6 Å². The van der Waals surface area contributed by atoms with Gasteiger partial charge in [-0.1, -0.05) is 0 Å². The molecule has 88 valence electrons. The highest BCUT2D eigenvalue weighted by atomic mass is 19.1. The van der Waals surface area contributed by atoms with Crippen LogP contribution in [-0.2, 0) is 7.05 Å². The Morgan fingerprint density at radius 1 is 1.35 bits per heavy atom. The number of hydrogen-bond acceptors (Lipinski definition) is 2. The Balaban J connectivity index is 2.62. The van der Waals surface area contributed by atoms with Gasteiger partial charge in [0.15, 0.2) is 0 Å². The Bertz CT molecular complexity index is 593. The van der Waals surface area contributed by atoms with Gasteiger partial charge < -0.3 is 5.11 Å². The fraction of sp³-hybridized carbons (Fsp3) is 0.0909. The Kier molecular flexibility index (Phi) is 2.63. The molecule has 1 heterocycles. The predicted molar refractivity (Wildman–Crippen MR) is 55.5 cm³/mol. The van der Waals surface area contributed by atoms with Gasteiger partial charge in [-0.2, -0.15) is 5.10 Å². The third kappa shape index (κ3) is 1.89. The zero-order valence-electron chi connectivity index (χ0n) is 8.82. The number of carboxylic acids is 1. The number of benzene rings is 1. The zero-order valence-corrected chi connectivity index (χ0v) is 8.82. The van der Waals surface area contributed by atoms with E-state index in [1.54, 1.807) is 7.05 Å². The van der Waals surface area contributed by atoms with Crippen molar-refractivity contribution < 1.29 is 18.7 Å². The van der Waals surface area contributed by atoms with Gasteiger partial charge in [-0.05, 0) is 18.2 Å². The van der Waals surface area contributed by atoms with Gasteiger partial charge in [0.25, 0.3) is 0 Å². The summed E-state index contributed by atoms with van der Waals surface area (Å²) in [5.74, 6) is -3.28. The molecule has 0 saturated heterocycles. The molecule has 6 heteroatoms. The number of hydrogen-bond donors (Lipinski definition) is 1. The standard InChI is InChI=1S/C11H8F2N2O2/c1-15-10(2-3-14-15)6-4-9(13)7(11(16)17)5-8(6)12/h2-5H,1H3,(H,16,17). The lowest BCUT2D eigenvalue weighted by atomic mass is 10.1. The fourth-order valence-corrected chi connectivity index (χ4v) is 1.55. The van der Waals surface area contributed by atoms with Gasteiger partial charge in [0, 0.05) is 18.8 Å². The lowest BCUT2D eigenvalue weighted by Crippen LogP contribution is -2.04. The van der Waals surface area contributed by atoms with Crippen LogP contribution in [0.25, 0.3) is 11.3 Å². The Morgan fingerprint density at radius 2 is 2.06 bits per heavy atom.